The molecule has 6 heterocycles. The molecule has 5 fully saturated rings. The molecule has 59 heavy (non-hydrogen) atoms. The molecule has 1 spiro atoms. The largest absolute Gasteiger partial charge is 0.385 e. The van der Waals surface area contributed by atoms with Crippen LogP contribution in [0.25, 0.3) is 16.7 Å². The number of imide groups is 1. The molecule has 306 valence electrons. The first-order valence-electron chi connectivity index (χ1n) is 21.7. The molecule has 2 saturated heterocycles. The summed E-state index contributed by atoms with van der Waals surface area (Å²) in [5.74, 6) is 1.74. The number of nitrogens with zero attached hydrogens (tertiary/aromatic N) is 7. The van der Waals surface area contributed by atoms with Crippen molar-refractivity contribution in [3.05, 3.63) is 81.5 Å². The molecule has 11 rings (SSSR count). The topological polar surface area (TPSA) is 151 Å². The molecule has 2 aromatic carbocycles. The number of rotatable bonds is 9. The van der Waals surface area contributed by atoms with Crippen molar-refractivity contribution in [3.63, 3.8) is 0 Å². The zero-order valence-electron chi connectivity index (χ0n) is 33.9. The highest BCUT2D eigenvalue weighted by molar-refractivity contribution is 6.00. The van der Waals surface area contributed by atoms with Crippen molar-refractivity contribution in [3.8, 4) is 0 Å². The van der Waals surface area contributed by atoms with E-state index in [1.165, 1.54) is 74.0 Å². The number of imidazole rings is 2. The van der Waals surface area contributed by atoms with Crippen LogP contribution in [-0.4, -0.2) is 85.6 Å². The summed E-state index contributed by atoms with van der Waals surface area (Å²) in [6, 6.07) is 14.7. The second-order valence-electron chi connectivity index (χ2n) is 18.4. The average molecular weight is 797 g/mol. The van der Waals surface area contributed by atoms with E-state index < -0.39 is 11.9 Å². The number of piperidine rings is 2. The number of aromatic nitrogens is 5. The summed E-state index contributed by atoms with van der Waals surface area (Å²) in [4.78, 5) is 60.4. The van der Waals surface area contributed by atoms with Gasteiger partial charge in [0.25, 0.3) is 5.91 Å². The first kappa shape index (κ1) is 36.6. The van der Waals surface area contributed by atoms with E-state index in [2.05, 4.69) is 67.1 Å². The summed E-state index contributed by atoms with van der Waals surface area (Å²) >= 11 is 0. The predicted octanol–water partition coefficient (Wildman–Crippen LogP) is 5.14. The maximum atomic E-state index is 13.3. The van der Waals surface area contributed by atoms with E-state index in [1.807, 2.05) is 13.1 Å². The van der Waals surface area contributed by atoms with Crippen LogP contribution in [0.15, 0.2) is 53.5 Å². The van der Waals surface area contributed by atoms with Crippen LogP contribution in [-0.2, 0) is 23.1 Å². The van der Waals surface area contributed by atoms with Crippen molar-refractivity contribution >= 4 is 51.6 Å². The Bertz CT molecular complexity index is 2610. The molecule has 14 heteroatoms. The van der Waals surface area contributed by atoms with Gasteiger partial charge in [0.15, 0.2) is 17.2 Å². The lowest BCUT2D eigenvalue weighted by Crippen LogP contribution is -2.50. The molecule has 5 aromatic rings. The number of benzene rings is 2. The number of hydrogen-bond donors (Lipinski definition) is 3. The lowest BCUT2D eigenvalue weighted by atomic mass is 9.47. The van der Waals surface area contributed by atoms with Gasteiger partial charge < -0.3 is 20.4 Å². The van der Waals surface area contributed by atoms with E-state index in [1.54, 1.807) is 26.9 Å². The first-order chi connectivity index (χ1) is 28.6. The van der Waals surface area contributed by atoms with Crippen molar-refractivity contribution in [1.29, 1.82) is 0 Å². The van der Waals surface area contributed by atoms with Crippen LogP contribution in [0.3, 0.4) is 0 Å². The molecule has 2 atom stereocenters. The Labute approximate surface area is 342 Å². The van der Waals surface area contributed by atoms with E-state index in [0.29, 0.717) is 35.0 Å². The van der Waals surface area contributed by atoms with Gasteiger partial charge in [0.2, 0.25) is 11.8 Å². The summed E-state index contributed by atoms with van der Waals surface area (Å²) in [6.07, 6.45) is 12.6. The highest BCUT2D eigenvalue weighted by atomic mass is 16.2. The SMILES string of the molecule is CNc1cc(N2CCc3c(C4CCCN(CC5CC6(C5)CC(c5ccc7c(c5)n(C)c(=O)n7C5CCC(=O)NC5=O)C6)C4)cccc32)nn2c(C(=O)NC3CC3)cnc12. The number of hydrogen-bond acceptors (Lipinski definition) is 9. The van der Waals surface area contributed by atoms with Crippen LogP contribution in [0.5, 0.6) is 0 Å². The fraction of sp³-hybridized carbons (Fsp3) is 0.511. The number of aryl methyl sites for hydroxylation is 1. The van der Waals surface area contributed by atoms with Crippen molar-refractivity contribution in [2.24, 2.45) is 18.4 Å². The van der Waals surface area contributed by atoms with E-state index in [0.717, 1.165) is 60.8 Å². The molecule has 0 bridgehead atoms. The van der Waals surface area contributed by atoms with Crippen molar-refractivity contribution < 1.29 is 14.4 Å². The summed E-state index contributed by atoms with van der Waals surface area (Å²) < 4.78 is 4.91. The summed E-state index contributed by atoms with van der Waals surface area (Å²) in [5.41, 5.74) is 9.17. The van der Waals surface area contributed by atoms with Crippen LogP contribution in [0.1, 0.15) is 109 Å². The van der Waals surface area contributed by atoms with Gasteiger partial charge in [-0.3, -0.25) is 28.8 Å². The van der Waals surface area contributed by atoms with Crippen molar-refractivity contribution in [2.45, 2.75) is 94.5 Å². The molecule has 3 amide bonds. The van der Waals surface area contributed by atoms with Gasteiger partial charge >= 0.3 is 5.69 Å². The molecule has 3 aromatic heterocycles. The van der Waals surface area contributed by atoms with Crippen LogP contribution < -0.4 is 26.5 Å². The third kappa shape index (κ3) is 6.15. The highest BCUT2D eigenvalue weighted by Gasteiger charge is 2.53. The number of anilines is 3. The fourth-order valence-corrected chi connectivity index (χ4v) is 11.5. The van der Waals surface area contributed by atoms with E-state index >= 15 is 0 Å². The first-order valence-corrected chi connectivity index (χ1v) is 21.7. The summed E-state index contributed by atoms with van der Waals surface area (Å²) in [6.45, 7) is 4.28. The normalized spacial score (nSPS) is 26.8. The zero-order chi connectivity index (χ0) is 40.2. The van der Waals surface area contributed by atoms with E-state index in [4.69, 9.17) is 5.10 Å². The molecular weight excluding hydrogens is 745 g/mol. The molecular formula is C45H52N10O4. The fourth-order valence-electron chi connectivity index (χ4n) is 11.5. The third-order valence-electron chi connectivity index (χ3n) is 14.6. The lowest BCUT2D eigenvalue weighted by molar-refractivity contribution is -0.135. The smallest absolute Gasteiger partial charge is 0.329 e. The minimum Gasteiger partial charge on any atom is -0.385 e. The van der Waals surface area contributed by atoms with Gasteiger partial charge in [0, 0.05) is 57.9 Å². The van der Waals surface area contributed by atoms with Crippen LogP contribution in [0, 0.1) is 11.3 Å². The van der Waals surface area contributed by atoms with Crippen LogP contribution in [0.4, 0.5) is 17.2 Å². The average Bonchev–Trinajstić information content (AvgIpc) is 3.64. The lowest BCUT2D eigenvalue weighted by Gasteiger charge is -2.59. The second-order valence-corrected chi connectivity index (χ2v) is 18.4. The minimum absolute atomic E-state index is 0.128. The van der Waals surface area contributed by atoms with Gasteiger partial charge in [-0.05, 0) is 129 Å². The van der Waals surface area contributed by atoms with Gasteiger partial charge in [0.05, 0.1) is 22.9 Å². The molecule has 3 aliphatic carbocycles. The zero-order valence-corrected chi connectivity index (χ0v) is 33.9. The van der Waals surface area contributed by atoms with Crippen molar-refractivity contribution in [1.82, 2.24) is 39.3 Å². The minimum atomic E-state index is -0.662. The predicted molar refractivity (Wildman–Crippen MR) is 224 cm³/mol. The van der Waals surface area contributed by atoms with Crippen LogP contribution >= 0.6 is 0 Å². The van der Waals surface area contributed by atoms with Crippen LogP contribution in [0.2, 0.25) is 0 Å². The monoisotopic (exact) mass is 796 g/mol. The molecule has 2 unspecified atom stereocenters. The maximum Gasteiger partial charge on any atom is 0.329 e. The summed E-state index contributed by atoms with van der Waals surface area (Å²) in [7, 11) is 3.66. The van der Waals surface area contributed by atoms with Crippen molar-refractivity contribution in [2.75, 3.05) is 43.4 Å². The second kappa shape index (κ2) is 13.8. The Balaban J connectivity index is 0.736. The maximum absolute atomic E-state index is 13.3. The number of fused-ring (bicyclic) bond motifs is 3. The van der Waals surface area contributed by atoms with Gasteiger partial charge in [-0.25, -0.2) is 14.3 Å². The third-order valence-corrected chi connectivity index (χ3v) is 14.6. The Morgan fingerprint density at radius 2 is 1.80 bits per heavy atom. The quantitative estimate of drug-likeness (QED) is 0.172. The number of likely N-dealkylation sites (tertiary alicyclic amines) is 1. The standard InChI is InChI=1S/C45H52N10O4/c1-46-33-18-39(50-55-38(23-47-41(33)55)43(58)48-30-9-10-30)53-16-14-32-31(6-3-7-34(32)53)28-5-4-15-52(25-28)24-26-19-45(20-26)21-29(22-45)27-8-11-35-37(17-27)51(2)44(59)54(35)36-12-13-40(56)49-42(36)57/h3,6-8,11,17-18,23,26,28-30,36,46H,4-5,9-10,12-16,19-22,24-25H2,1-2H3,(H,48,58)(H,49,56,57). The van der Waals surface area contributed by atoms with Gasteiger partial charge in [-0.1, -0.05) is 18.2 Å². The molecule has 14 nitrogen and oxygen atoms in total. The molecule has 3 saturated carbocycles. The highest BCUT2D eigenvalue weighted by Crippen LogP contribution is 2.64. The van der Waals surface area contributed by atoms with Gasteiger partial charge in [-0.2, -0.15) is 0 Å². The molecule has 3 aliphatic heterocycles. The Kier molecular flexibility index (Phi) is 8.55. The Hall–Kier alpha value is -5.50. The Morgan fingerprint density at radius 1 is 0.949 bits per heavy atom. The number of nitrogens with one attached hydrogen (secondary N) is 3. The number of carbonyl (C=O) groups excluding carboxylic acids is 3. The van der Waals surface area contributed by atoms with Gasteiger partial charge in [-0.15, -0.1) is 5.10 Å². The number of carbonyl (C=O) groups is 3. The van der Waals surface area contributed by atoms with E-state index in [9.17, 15) is 19.2 Å². The molecule has 3 N–H and O–H groups in total. The summed E-state index contributed by atoms with van der Waals surface area (Å²) in [5, 5.41) is 13.8. The molecule has 0 radical (unpaired) electrons. The molecule has 6 aliphatic rings. The number of amides is 3. The van der Waals surface area contributed by atoms with Gasteiger partial charge in [0.1, 0.15) is 6.04 Å². The Morgan fingerprint density at radius 3 is 2.59 bits per heavy atom. The van der Waals surface area contributed by atoms with E-state index in [-0.39, 0.29) is 30.0 Å².